The van der Waals surface area contributed by atoms with Gasteiger partial charge >= 0.3 is 0 Å². The number of nitrogens with zero attached hydrogens (tertiary/aromatic N) is 2. The summed E-state index contributed by atoms with van der Waals surface area (Å²) in [5.74, 6) is 1.57. The number of anilines is 4. The van der Waals surface area contributed by atoms with Gasteiger partial charge in [0.25, 0.3) is 0 Å². The molecule has 2 aromatic heterocycles. The van der Waals surface area contributed by atoms with Crippen LogP contribution in [0.15, 0.2) is 47.2 Å². The van der Waals surface area contributed by atoms with E-state index in [1.807, 2.05) is 31.2 Å². The fourth-order valence-corrected chi connectivity index (χ4v) is 2.10. The van der Waals surface area contributed by atoms with Crippen LogP contribution in [0.2, 0.25) is 0 Å². The number of benzene rings is 1. The topological polar surface area (TPSA) is 103 Å². The monoisotopic (exact) mass is 281 g/mol. The van der Waals surface area contributed by atoms with E-state index >= 15 is 0 Å². The van der Waals surface area contributed by atoms with Gasteiger partial charge in [0.1, 0.15) is 11.6 Å². The molecule has 106 valence electrons. The maximum absolute atomic E-state index is 6.13. The van der Waals surface area contributed by atoms with Crippen molar-refractivity contribution in [3.63, 3.8) is 0 Å². The minimum absolute atomic E-state index is 0.221. The molecule has 0 aliphatic heterocycles. The zero-order valence-electron chi connectivity index (χ0n) is 11.5. The van der Waals surface area contributed by atoms with Gasteiger partial charge in [-0.3, -0.25) is 0 Å². The lowest BCUT2D eigenvalue weighted by Crippen LogP contribution is -2.01. The van der Waals surface area contributed by atoms with E-state index in [0.717, 1.165) is 22.6 Å². The fraction of sp³-hybridized carbons (Fsp3) is 0.0667. The van der Waals surface area contributed by atoms with Crippen LogP contribution < -0.4 is 16.8 Å². The Balaban J connectivity index is 2.00. The zero-order valence-corrected chi connectivity index (χ0v) is 11.5. The minimum Gasteiger partial charge on any atom is -0.464 e. The average Bonchev–Trinajstić information content (AvgIpc) is 2.96. The first-order valence-corrected chi connectivity index (χ1v) is 6.43. The maximum atomic E-state index is 6.13. The Hall–Kier alpha value is -3.02. The van der Waals surface area contributed by atoms with Crippen molar-refractivity contribution in [2.24, 2.45) is 0 Å². The normalized spacial score (nSPS) is 10.5. The quantitative estimate of drug-likeness (QED) is 0.638. The summed E-state index contributed by atoms with van der Waals surface area (Å²) in [5.41, 5.74) is 15.0. The Morgan fingerprint density at radius 1 is 1.19 bits per heavy atom. The molecule has 5 N–H and O–H groups in total. The number of hydrogen-bond acceptors (Lipinski definition) is 6. The summed E-state index contributed by atoms with van der Waals surface area (Å²) in [6.07, 6.45) is 3.22. The van der Waals surface area contributed by atoms with Gasteiger partial charge in [-0.25, -0.2) is 4.98 Å². The summed E-state index contributed by atoms with van der Waals surface area (Å²) in [6, 6.07) is 9.31. The maximum Gasteiger partial charge on any atom is 0.221 e. The summed E-state index contributed by atoms with van der Waals surface area (Å²) in [7, 11) is 0. The van der Waals surface area contributed by atoms with Gasteiger partial charge in [-0.05, 0) is 42.8 Å². The molecule has 3 aromatic rings. The van der Waals surface area contributed by atoms with Crippen LogP contribution in [0.5, 0.6) is 0 Å². The molecule has 21 heavy (non-hydrogen) atoms. The highest BCUT2D eigenvalue weighted by molar-refractivity contribution is 5.80. The third-order valence-corrected chi connectivity index (χ3v) is 3.12. The van der Waals surface area contributed by atoms with Crippen LogP contribution in [0.25, 0.3) is 11.3 Å². The molecule has 0 saturated carbocycles. The van der Waals surface area contributed by atoms with Crippen molar-refractivity contribution < 1.29 is 4.42 Å². The molecule has 0 atom stereocenters. The highest BCUT2D eigenvalue weighted by Gasteiger charge is 2.10. The summed E-state index contributed by atoms with van der Waals surface area (Å²) in [6.45, 7) is 1.95. The number of aryl methyl sites for hydroxylation is 1. The van der Waals surface area contributed by atoms with E-state index in [-0.39, 0.29) is 5.95 Å². The molecule has 0 aliphatic rings. The number of rotatable bonds is 3. The molecule has 6 heteroatoms. The second-order valence-electron chi connectivity index (χ2n) is 4.66. The molecule has 0 aliphatic carbocycles. The average molecular weight is 281 g/mol. The smallest absolute Gasteiger partial charge is 0.221 e. The molecule has 0 radical (unpaired) electrons. The minimum atomic E-state index is 0.221. The number of nitrogens with two attached hydrogens (primary N) is 2. The van der Waals surface area contributed by atoms with Gasteiger partial charge in [-0.2, -0.15) is 4.98 Å². The van der Waals surface area contributed by atoms with Gasteiger partial charge in [-0.15, -0.1) is 0 Å². The van der Waals surface area contributed by atoms with E-state index in [0.29, 0.717) is 11.5 Å². The van der Waals surface area contributed by atoms with E-state index in [1.54, 1.807) is 18.5 Å². The fourth-order valence-electron chi connectivity index (χ4n) is 2.10. The predicted molar refractivity (Wildman–Crippen MR) is 83.0 cm³/mol. The van der Waals surface area contributed by atoms with Crippen molar-refractivity contribution >= 4 is 23.1 Å². The number of nitrogen functional groups attached to an aromatic ring is 2. The largest absolute Gasteiger partial charge is 0.464 e. The molecule has 3 rings (SSSR count). The van der Waals surface area contributed by atoms with E-state index in [4.69, 9.17) is 15.9 Å². The van der Waals surface area contributed by atoms with Crippen molar-refractivity contribution in [2.75, 3.05) is 16.8 Å². The van der Waals surface area contributed by atoms with Gasteiger partial charge in [0, 0.05) is 23.1 Å². The van der Waals surface area contributed by atoms with E-state index in [9.17, 15) is 0 Å². The molecular weight excluding hydrogens is 266 g/mol. The van der Waals surface area contributed by atoms with Crippen molar-refractivity contribution in [1.29, 1.82) is 0 Å². The first-order valence-electron chi connectivity index (χ1n) is 6.43. The van der Waals surface area contributed by atoms with Crippen molar-refractivity contribution in [2.45, 2.75) is 6.92 Å². The van der Waals surface area contributed by atoms with Gasteiger partial charge < -0.3 is 21.2 Å². The SMILES string of the molecule is Cc1cc(Nc2ccnc(N)n2)cc(-c2ccco2)c1N. The number of aromatic nitrogens is 2. The first-order chi connectivity index (χ1) is 10.1. The molecule has 2 heterocycles. The summed E-state index contributed by atoms with van der Waals surface area (Å²) in [5, 5.41) is 3.19. The molecule has 0 amide bonds. The molecule has 1 aromatic carbocycles. The van der Waals surface area contributed by atoms with Crippen LogP contribution in [-0.2, 0) is 0 Å². The summed E-state index contributed by atoms with van der Waals surface area (Å²) >= 11 is 0. The number of hydrogen-bond donors (Lipinski definition) is 3. The Bertz CT molecular complexity index is 768. The van der Waals surface area contributed by atoms with Crippen LogP contribution in [0, 0.1) is 6.92 Å². The van der Waals surface area contributed by atoms with Crippen molar-refractivity contribution in [1.82, 2.24) is 9.97 Å². The van der Waals surface area contributed by atoms with E-state index in [1.165, 1.54) is 0 Å². The van der Waals surface area contributed by atoms with Gasteiger partial charge in [0.2, 0.25) is 5.95 Å². The lowest BCUT2D eigenvalue weighted by Gasteiger charge is -2.12. The molecule has 0 saturated heterocycles. The van der Waals surface area contributed by atoms with Crippen molar-refractivity contribution in [3.05, 3.63) is 48.4 Å². The lowest BCUT2D eigenvalue weighted by atomic mass is 10.0. The Morgan fingerprint density at radius 3 is 2.76 bits per heavy atom. The second-order valence-corrected chi connectivity index (χ2v) is 4.66. The molecule has 0 unspecified atom stereocenters. The molecule has 0 spiro atoms. The van der Waals surface area contributed by atoms with Crippen LogP contribution in [0.4, 0.5) is 23.1 Å². The Kier molecular flexibility index (Phi) is 3.19. The van der Waals surface area contributed by atoms with Crippen LogP contribution in [0.3, 0.4) is 0 Å². The number of nitrogens with one attached hydrogen (secondary N) is 1. The van der Waals surface area contributed by atoms with Crippen LogP contribution >= 0.6 is 0 Å². The van der Waals surface area contributed by atoms with Gasteiger partial charge in [-0.1, -0.05) is 0 Å². The standard InChI is InChI=1S/C15H15N5O/c1-9-7-10(19-13-4-5-18-15(17)20-13)8-11(14(9)16)12-3-2-6-21-12/h2-8H,16H2,1H3,(H3,17,18,19,20). The molecule has 0 fully saturated rings. The second kappa shape index (κ2) is 5.16. The summed E-state index contributed by atoms with van der Waals surface area (Å²) < 4.78 is 5.43. The predicted octanol–water partition coefficient (Wildman–Crippen LogP) is 2.95. The molecule has 6 nitrogen and oxygen atoms in total. The highest BCUT2D eigenvalue weighted by atomic mass is 16.3. The third-order valence-electron chi connectivity index (χ3n) is 3.12. The zero-order chi connectivity index (χ0) is 14.8. The summed E-state index contributed by atoms with van der Waals surface area (Å²) in [4.78, 5) is 7.98. The first kappa shape index (κ1) is 13.0. The van der Waals surface area contributed by atoms with Crippen molar-refractivity contribution in [3.8, 4) is 11.3 Å². The molecule has 0 bridgehead atoms. The van der Waals surface area contributed by atoms with Crippen LogP contribution in [0.1, 0.15) is 5.56 Å². The lowest BCUT2D eigenvalue weighted by molar-refractivity contribution is 0.582. The van der Waals surface area contributed by atoms with Gasteiger partial charge in [0.15, 0.2) is 0 Å². The molecular formula is C15H15N5O. The number of furan rings is 1. The Morgan fingerprint density at radius 2 is 2.05 bits per heavy atom. The Labute approximate surface area is 121 Å². The third kappa shape index (κ3) is 2.64. The highest BCUT2D eigenvalue weighted by Crippen LogP contribution is 2.33. The van der Waals surface area contributed by atoms with E-state index < -0.39 is 0 Å². The van der Waals surface area contributed by atoms with Gasteiger partial charge in [0.05, 0.1) is 6.26 Å². The van der Waals surface area contributed by atoms with Crippen LogP contribution in [-0.4, -0.2) is 9.97 Å². The van der Waals surface area contributed by atoms with E-state index in [2.05, 4.69) is 15.3 Å².